The molecule has 6 heteroatoms. The van der Waals surface area contributed by atoms with Gasteiger partial charge in [-0.25, -0.2) is 0 Å². The lowest BCUT2D eigenvalue weighted by Gasteiger charge is -2.20. The lowest BCUT2D eigenvalue weighted by atomic mass is 9.92. The molecule has 0 aliphatic heterocycles. The maximum absolute atomic E-state index is 11.7. The van der Waals surface area contributed by atoms with Crippen molar-refractivity contribution in [2.45, 2.75) is 26.3 Å². The number of benzene rings is 8. The molecule has 0 spiro atoms. The number of para-hydroxylation sites is 2. The average Bonchev–Trinajstić information content (AvgIpc) is 3.85. The van der Waals surface area contributed by atoms with Gasteiger partial charge in [-0.15, -0.1) is 0 Å². The Labute approximate surface area is 347 Å². The fourth-order valence-corrected chi connectivity index (χ4v) is 8.46. The summed E-state index contributed by atoms with van der Waals surface area (Å²) in [7, 11) is 0. The fourth-order valence-electron chi connectivity index (χ4n) is 8.46. The first-order valence-corrected chi connectivity index (χ1v) is 20.1. The zero-order chi connectivity index (χ0) is 40.4. The van der Waals surface area contributed by atoms with E-state index in [2.05, 4.69) is 143 Å². The van der Waals surface area contributed by atoms with Gasteiger partial charge in [-0.05, 0) is 68.1 Å². The highest BCUT2D eigenvalue weighted by atomic mass is 16.5. The van der Waals surface area contributed by atoms with Crippen molar-refractivity contribution in [3.05, 3.63) is 216 Å². The van der Waals surface area contributed by atoms with Crippen LogP contribution in [0.5, 0.6) is 11.5 Å². The van der Waals surface area contributed by atoms with E-state index in [1.807, 2.05) is 48.8 Å². The lowest BCUT2D eigenvalue weighted by Crippen LogP contribution is -2.02. The van der Waals surface area contributed by atoms with Crippen LogP contribution in [-0.2, 0) is 26.3 Å². The van der Waals surface area contributed by atoms with E-state index >= 15 is 0 Å². The summed E-state index contributed by atoms with van der Waals surface area (Å²) < 4.78 is 17.8. The van der Waals surface area contributed by atoms with Crippen molar-refractivity contribution in [2.75, 3.05) is 0 Å². The van der Waals surface area contributed by atoms with Gasteiger partial charge in [0.05, 0.1) is 0 Å². The van der Waals surface area contributed by atoms with Crippen molar-refractivity contribution in [3.8, 4) is 22.6 Å². The van der Waals surface area contributed by atoms with Crippen LogP contribution >= 0.6 is 0 Å². The highest BCUT2D eigenvalue weighted by molar-refractivity contribution is 6.10. The van der Waals surface area contributed by atoms with Crippen LogP contribution in [0, 0.1) is 0 Å². The van der Waals surface area contributed by atoms with E-state index in [4.69, 9.17) is 9.47 Å². The van der Waals surface area contributed by atoms with E-state index in [9.17, 15) is 9.59 Å². The second-order valence-electron chi connectivity index (χ2n) is 15.2. The Bertz CT molecular complexity index is 2980. The molecule has 0 saturated heterocycles. The van der Waals surface area contributed by atoms with Crippen LogP contribution in [0.1, 0.15) is 43.0 Å². The van der Waals surface area contributed by atoms with Gasteiger partial charge in [-0.1, -0.05) is 146 Å². The number of rotatable bonds is 13. The van der Waals surface area contributed by atoms with Crippen molar-refractivity contribution < 1.29 is 19.1 Å². The highest BCUT2D eigenvalue weighted by Crippen LogP contribution is 2.46. The molecular formula is C54H40N2O4. The quantitative estimate of drug-likeness (QED) is 0.109. The summed E-state index contributed by atoms with van der Waals surface area (Å²) in [5.74, 6) is 1.55. The number of hydrogen-bond acceptors (Lipinski definition) is 4. The summed E-state index contributed by atoms with van der Waals surface area (Å²) in [6.45, 7) is 2.09. The molecule has 0 amide bonds. The number of aromatic nitrogens is 2. The third-order valence-corrected chi connectivity index (χ3v) is 11.5. The van der Waals surface area contributed by atoms with E-state index in [1.54, 1.807) is 0 Å². The lowest BCUT2D eigenvalue weighted by molar-refractivity contribution is 0.111. The molecule has 6 nitrogen and oxygen atoms in total. The molecule has 0 N–H and O–H groups in total. The molecule has 10 rings (SSSR count). The molecule has 0 aliphatic rings. The molecule has 0 unspecified atom stereocenters. The standard InChI is InChI=1S/C54H40N2O4/c57-33-43-31-55(49-15-7-5-11-45(43)49)29-37-17-21-39(22-18-37)35-59-51-27-25-41-9-1-3-13-47(41)53(51)54-48-14-4-2-10-42(48)26-28-52(54)60-36-40-23-19-38(20-24-40)30-56-32-44(34-58)46-12-6-8-16-50(46)56/h1-28,31-34H,29-30,35-36H2. The van der Waals surface area contributed by atoms with Crippen LogP contribution in [-0.4, -0.2) is 21.7 Å². The molecule has 10 aromatic rings. The van der Waals surface area contributed by atoms with Crippen LogP contribution < -0.4 is 9.47 Å². The predicted molar refractivity (Wildman–Crippen MR) is 241 cm³/mol. The van der Waals surface area contributed by atoms with Crippen molar-refractivity contribution >= 4 is 55.9 Å². The summed E-state index contributed by atoms with van der Waals surface area (Å²) >= 11 is 0. The maximum Gasteiger partial charge on any atom is 0.152 e. The topological polar surface area (TPSA) is 62.5 Å². The van der Waals surface area contributed by atoms with Crippen molar-refractivity contribution in [2.24, 2.45) is 0 Å². The van der Waals surface area contributed by atoms with Gasteiger partial charge >= 0.3 is 0 Å². The van der Waals surface area contributed by atoms with Gasteiger partial charge in [0.2, 0.25) is 0 Å². The fraction of sp³-hybridized carbons (Fsp3) is 0.0741. The molecule has 0 aliphatic carbocycles. The smallest absolute Gasteiger partial charge is 0.152 e. The number of nitrogens with zero attached hydrogens (tertiary/aromatic N) is 2. The van der Waals surface area contributed by atoms with E-state index < -0.39 is 0 Å². The summed E-state index contributed by atoms with van der Waals surface area (Å²) in [4.78, 5) is 23.5. The predicted octanol–water partition coefficient (Wildman–Crippen LogP) is 12.4. The third-order valence-electron chi connectivity index (χ3n) is 11.5. The van der Waals surface area contributed by atoms with Crippen LogP contribution in [0.15, 0.2) is 182 Å². The Kier molecular flexibility index (Phi) is 9.72. The summed E-state index contributed by atoms with van der Waals surface area (Å²) in [6, 6.07) is 58.2. The first-order valence-electron chi connectivity index (χ1n) is 20.1. The van der Waals surface area contributed by atoms with Gasteiger partial charge in [-0.2, -0.15) is 0 Å². The Hall–Kier alpha value is -7.70. The summed E-state index contributed by atoms with van der Waals surface area (Å²) in [5.41, 5.74) is 9.84. The number of carbonyl (C=O) groups excluding carboxylic acids is 2. The second kappa shape index (κ2) is 15.9. The molecule has 0 bridgehead atoms. The molecular weight excluding hydrogens is 741 g/mol. The van der Waals surface area contributed by atoms with Gasteiger partial charge < -0.3 is 18.6 Å². The Morgan fingerprint density at radius 3 is 1.17 bits per heavy atom. The minimum atomic E-state index is 0.385. The SMILES string of the molecule is O=Cc1cn(Cc2ccc(COc3ccc4ccccc4c3-c3c(OCc4ccc(Cn5cc(C=O)c6ccccc65)cc4)ccc4ccccc34)cc2)c2ccccc12. The van der Waals surface area contributed by atoms with E-state index in [0.29, 0.717) is 37.4 Å². The van der Waals surface area contributed by atoms with E-state index in [1.165, 1.54) is 0 Å². The molecule has 8 aromatic carbocycles. The van der Waals surface area contributed by atoms with Gasteiger partial charge in [0.15, 0.2) is 12.6 Å². The van der Waals surface area contributed by atoms with E-state index in [0.717, 1.165) is 101 Å². The van der Waals surface area contributed by atoms with E-state index in [-0.39, 0.29) is 0 Å². The average molecular weight is 781 g/mol. The maximum atomic E-state index is 11.7. The number of hydrogen-bond donors (Lipinski definition) is 0. The molecule has 60 heavy (non-hydrogen) atoms. The zero-order valence-corrected chi connectivity index (χ0v) is 32.8. The van der Waals surface area contributed by atoms with Gasteiger partial charge in [0.1, 0.15) is 24.7 Å². The minimum Gasteiger partial charge on any atom is -0.488 e. The second-order valence-corrected chi connectivity index (χ2v) is 15.2. The molecule has 0 atom stereocenters. The minimum absolute atomic E-state index is 0.385. The molecule has 290 valence electrons. The van der Waals surface area contributed by atoms with Crippen molar-refractivity contribution in [1.29, 1.82) is 0 Å². The molecule has 0 radical (unpaired) electrons. The summed E-state index contributed by atoms with van der Waals surface area (Å²) in [5, 5.41) is 6.33. The van der Waals surface area contributed by atoms with Gasteiger partial charge in [0.25, 0.3) is 0 Å². The summed E-state index contributed by atoms with van der Waals surface area (Å²) in [6.07, 6.45) is 5.70. The Morgan fingerprint density at radius 2 is 0.750 bits per heavy atom. The van der Waals surface area contributed by atoms with Gasteiger partial charge in [-0.3, -0.25) is 9.59 Å². The Morgan fingerprint density at radius 1 is 0.383 bits per heavy atom. The van der Waals surface area contributed by atoms with Crippen LogP contribution in [0.25, 0.3) is 54.5 Å². The normalized spacial score (nSPS) is 11.4. The highest BCUT2D eigenvalue weighted by Gasteiger charge is 2.20. The number of fused-ring (bicyclic) bond motifs is 4. The monoisotopic (exact) mass is 780 g/mol. The van der Waals surface area contributed by atoms with Gasteiger partial charge in [0, 0.05) is 69.5 Å². The van der Waals surface area contributed by atoms with Crippen LogP contribution in [0.2, 0.25) is 0 Å². The largest absolute Gasteiger partial charge is 0.488 e. The van der Waals surface area contributed by atoms with Crippen molar-refractivity contribution in [3.63, 3.8) is 0 Å². The molecule has 2 aromatic heterocycles. The zero-order valence-electron chi connectivity index (χ0n) is 32.8. The molecule has 2 heterocycles. The molecule has 0 fully saturated rings. The Balaban J connectivity index is 0.929. The van der Waals surface area contributed by atoms with Crippen molar-refractivity contribution in [1.82, 2.24) is 9.13 Å². The van der Waals surface area contributed by atoms with Crippen LogP contribution in [0.3, 0.4) is 0 Å². The third kappa shape index (κ3) is 6.98. The number of aldehydes is 2. The van der Waals surface area contributed by atoms with Crippen LogP contribution in [0.4, 0.5) is 0 Å². The first-order chi connectivity index (χ1) is 29.6. The molecule has 0 saturated carbocycles. The number of ether oxygens (including phenoxy) is 2. The number of carbonyl (C=O) groups is 2. The first kappa shape index (κ1) is 36.6.